The lowest BCUT2D eigenvalue weighted by Gasteiger charge is -2.13. The van der Waals surface area contributed by atoms with Crippen molar-refractivity contribution in [2.75, 3.05) is 6.54 Å². The highest BCUT2D eigenvalue weighted by Gasteiger charge is 2.05. The largest absolute Gasteiger partial charge is 0.352 e. The zero-order valence-electron chi connectivity index (χ0n) is 6.97. The number of rotatable bonds is 5. The van der Waals surface area contributed by atoms with Gasteiger partial charge in [-0.2, -0.15) is 0 Å². The quantitative estimate of drug-likeness (QED) is 0.534. The molecule has 0 saturated carbocycles. The summed E-state index contributed by atoms with van der Waals surface area (Å²) < 4.78 is 0. The van der Waals surface area contributed by atoms with Crippen molar-refractivity contribution in [3.63, 3.8) is 0 Å². The second-order valence-corrected chi connectivity index (χ2v) is 2.58. The average molecular weight is 159 g/mol. The predicted molar refractivity (Wildman–Crippen MR) is 45.1 cm³/mol. The van der Waals surface area contributed by atoms with Crippen LogP contribution in [0.4, 0.5) is 4.79 Å². The average Bonchev–Trinajstić information content (AvgIpc) is 1.97. The van der Waals surface area contributed by atoms with Gasteiger partial charge in [0.15, 0.2) is 0 Å². The van der Waals surface area contributed by atoms with Crippen molar-refractivity contribution in [3.8, 4) is 0 Å². The van der Waals surface area contributed by atoms with Crippen LogP contribution < -0.4 is 16.8 Å². The van der Waals surface area contributed by atoms with Crippen LogP contribution in [0.15, 0.2) is 0 Å². The maximum atomic E-state index is 10.4. The van der Waals surface area contributed by atoms with E-state index in [4.69, 9.17) is 11.5 Å². The molecule has 0 radical (unpaired) electrons. The Bertz CT molecular complexity index is 116. The summed E-state index contributed by atoms with van der Waals surface area (Å²) in [7, 11) is 0. The van der Waals surface area contributed by atoms with E-state index in [9.17, 15) is 4.79 Å². The molecule has 1 atom stereocenters. The molecule has 11 heavy (non-hydrogen) atoms. The van der Waals surface area contributed by atoms with E-state index in [0.717, 1.165) is 19.3 Å². The first-order valence-corrected chi connectivity index (χ1v) is 3.96. The molecule has 0 heterocycles. The summed E-state index contributed by atoms with van der Waals surface area (Å²) in [4.78, 5) is 10.4. The molecule has 0 aromatic rings. The third-order valence-corrected chi connectivity index (χ3v) is 1.54. The highest BCUT2D eigenvalue weighted by atomic mass is 16.2. The van der Waals surface area contributed by atoms with Crippen molar-refractivity contribution >= 4 is 6.03 Å². The Balaban J connectivity index is 3.49. The first kappa shape index (κ1) is 10.2. The fourth-order valence-electron chi connectivity index (χ4n) is 0.901. The summed E-state index contributed by atoms with van der Waals surface area (Å²) in [6, 6.07) is -0.441. The van der Waals surface area contributed by atoms with Crippen molar-refractivity contribution in [1.82, 2.24) is 5.32 Å². The molecule has 0 fully saturated rings. The topological polar surface area (TPSA) is 81.1 Å². The van der Waals surface area contributed by atoms with Gasteiger partial charge in [0.1, 0.15) is 0 Å². The number of urea groups is 1. The minimum Gasteiger partial charge on any atom is -0.352 e. The van der Waals surface area contributed by atoms with E-state index in [1.54, 1.807) is 0 Å². The Labute approximate surface area is 67.3 Å². The normalized spacial score (nSPS) is 12.5. The van der Waals surface area contributed by atoms with Crippen LogP contribution in [0, 0.1) is 0 Å². The number of amides is 2. The molecule has 0 bridgehead atoms. The van der Waals surface area contributed by atoms with Crippen LogP contribution >= 0.6 is 0 Å². The molecule has 4 heteroatoms. The van der Waals surface area contributed by atoms with E-state index in [1.165, 1.54) is 0 Å². The molecule has 5 N–H and O–H groups in total. The van der Waals surface area contributed by atoms with Gasteiger partial charge in [0, 0.05) is 12.6 Å². The summed E-state index contributed by atoms with van der Waals surface area (Å²) in [5.41, 5.74) is 10.3. The zero-order valence-corrected chi connectivity index (χ0v) is 6.97. The molecule has 0 rings (SSSR count). The predicted octanol–water partition coefficient (Wildman–Crippen LogP) is 0.172. The molecule has 0 aromatic carbocycles. The summed E-state index contributed by atoms with van der Waals surface area (Å²) in [5, 5.41) is 2.58. The highest BCUT2D eigenvalue weighted by molar-refractivity contribution is 5.71. The van der Waals surface area contributed by atoms with E-state index in [0.29, 0.717) is 6.54 Å². The second kappa shape index (κ2) is 5.97. The number of nitrogens with one attached hydrogen (secondary N) is 1. The molecule has 0 saturated heterocycles. The molecule has 4 nitrogen and oxygen atoms in total. The van der Waals surface area contributed by atoms with E-state index in [1.807, 2.05) is 0 Å². The lowest BCUT2D eigenvalue weighted by molar-refractivity contribution is 0.244. The van der Waals surface area contributed by atoms with Crippen LogP contribution in [0.3, 0.4) is 0 Å². The zero-order chi connectivity index (χ0) is 8.69. The third kappa shape index (κ3) is 5.66. The van der Waals surface area contributed by atoms with Gasteiger partial charge < -0.3 is 16.8 Å². The first-order chi connectivity index (χ1) is 5.20. The maximum absolute atomic E-state index is 10.4. The Hall–Kier alpha value is -0.770. The SMILES string of the molecule is CCCCC(CN)NC(N)=O. The molecule has 0 aromatic heterocycles. The van der Waals surface area contributed by atoms with Crippen molar-refractivity contribution in [3.05, 3.63) is 0 Å². The minimum atomic E-state index is -0.489. The lowest BCUT2D eigenvalue weighted by Crippen LogP contribution is -2.42. The highest BCUT2D eigenvalue weighted by Crippen LogP contribution is 1.98. The number of carbonyl (C=O) groups excluding carboxylic acids is 1. The van der Waals surface area contributed by atoms with E-state index in [2.05, 4.69) is 12.2 Å². The van der Waals surface area contributed by atoms with Crippen molar-refractivity contribution in [1.29, 1.82) is 0 Å². The van der Waals surface area contributed by atoms with Gasteiger partial charge in [-0.25, -0.2) is 4.79 Å². The Morgan fingerprint density at radius 3 is 2.64 bits per heavy atom. The second-order valence-electron chi connectivity index (χ2n) is 2.58. The van der Waals surface area contributed by atoms with Gasteiger partial charge in [0.2, 0.25) is 0 Å². The monoisotopic (exact) mass is 159 g/mol. The smallest absolute Gasteiger partial charge is 0.312 e. The van der Waals surface area contributed by atoms with E-state index in [-0.39, 0.29) is 6.04 Å². The third-order valence-electron chi connectivity index (χ3n) is 1.54. The molecular weight excluding hydrogens is 142 g/mol. The number of hydrogen-bond acceptors (Lipinski definition) is 2. The first-order valence-electron chi connectivity index (χ1n) is 3.96. The number of primary amides is 1. The summed E-state index contributed by atoms with van der Waals surface area (Å²) in [6.45, 7) is 2.56. The molecule has 0 aliphatic carbocycles. The molecule has 0 aliphatic rings. The van der Waals surface area contributed by atoms with Crippen molar-refractivity contribution in [2.45, 2.75) is 32.2 Å². The van der Waals surface area contributed by atoms with Crippen LogP contribution in [0.1, 0.15) is 26.2 Å². The van der Waals surface area contributed by atoms with Crippen LogP contribution in [-0.2, 0) is 0 Å². The molecule has 2 amide bonds. The number of hydrogen-bond donors (Lipinski definition) is 3. The van der Waals surface area contributed by atoms with Gasteiger partial charge in [0.05, 0.1) is 0 Å². The standard InChI is InChI=1S/C7H17N3O/c1-2-3-4-6(5-8)10-7(9)11/h6H,2-5,8H2,1H3,(H3,9,10,11). The summed E-state index contributed by atoms with van der Waals surface area (Å²) in [6.07, 6.45) is 3.09. The Morgan fingerprint density at radius 1 is 1.64 bits per heavy atom. The van der Waals surface area contributed by atoms with Crippen molar-refractivity contribution in [2.24, 2.45) is 11.5 Å². The molecule has 1 unspecified atom stereocenters. The Morgan fingerprint density at radius 2 is 2.27 bits per heavy atom. The van der Waals surface area contributed by atoms with E-state index >= 15 is 0 Å². The van der Waals surface area contributed by atoms with Gasteiger partial charge >= 0.3 is 6.03 Å². The molecule has 66 valence electrons. The minimum absolute atomic E-state index is 0.0486. The van der Waals surface area contributed by atoms with Crippen LogP contribution in [-0.4, -0.2) is 18.6 Å². The summed E-state index contributed by atoms with van der Waals surface area (Å²) >= 11 is 0. The van der Waals surface area contributed by atoms with E-state index < -0.39 is 6.03 Å². The van der Waals surface area contributed by atoms with Crippen LogP contribution in [0.25, 0.3) is 0 Å². The molecule has 0 spiro atoms. The maximum Gasteiger partial charge on any atom is 0.312 e. The summed E-state index contributed by atoms with van der Waals surface area (Å²) in [5.74, 6) is 0. The number of unbranched alkanes of at least 4 members (excludes halogenated alkanes) is 1. The Kier molecular flexibility index (Phi) is 5.56. The molecular formula is C7H17N3O. The van der Waals surface area contributed by atoms with Gasteiger partial charge in [-0.15, -0.1) is 0 Å². The molecule has 0 aliphatic heterocycles. The fourth-order valence-corrected chi connectivity index (χ4v) is 0.901. The lowest BCUT2D eigenvalue weighted by atomic mass is 10.1. The van der Waals surface area contributed by atoms with Gasteiger partial charge in [-0.1, -0.05) is 19.8 Å². The van der Waals surface area contributed by atoms with Crippen LogP contribution in [0.5, 0.6) is 0 Å². The van der Waals surface area contributed by atoms with Gasteiger partial charge in [-0.05, 0) is 6.42 Å². The van der Waals surface area contributed by atoms with Gasteiger partial charge in [0.25, 0.3) is 0 Å². The fraction of sp³-hybridized carbons (Fsp3) is 0.857. The number of nitrogens with two attached hydrogens (primary N) is 2. The van der Waals surface area contributed by atoms with Crippen LogP contribution in [0.2, 0.25) is 0 Å². The number of carbonyl (C=O) groups is 1. The van der Waals surface area contributed by atoms with Gasteiger partial charge in [-0.3, -0.25) is 0 Å². The van der Waals surface area contributed by atoms with Crippen molar-refractivity contribution < 1.29 is 4.79 Å².